The Balaban J connectivity index is 1.86. The summed E-state index contributed by atoms with van der Waals surface area (Å²) in [6, 6.07) is 29.7. The molecule has 4 heteroatoms. The molecule has 4 rings (SSSR count). The van der Waals surface area contributed by atoms with Gasteiger partial charge >= 0.3 is 0 Å². The normalized spacial score (nSPS) is 11.6. The molecule has 1 heterocycles. The number of hydrogen-bond acceptors (Lipinski definition) is 3. The first-order chi connectivity index (χ1) is 14.2. The van der Waals surface area contributed by atoms with E-state index in [-0.39, 0.29) is 0 Å². The highest BCUT2D eigenvalue weighted by atomic mass is 17.1. The molecule has 0 aliphatic heterocycles. The van der Waals surface area contributed by atoms with E-state index in [2.05, 4.69) is 6.92 Å². The first-order valence-corrected chi connectivity index (χ1v) is 9.70. The molecule has 0 saturated carbocycles. The third kappa shape index (κ3) is 3.48. The molecule has 0 saturated heterocycles. The Labute approximate surface area is 171 Å². The number of nitrogens with zero attached hydrogens (tertiary/aromatic N) is 2. The van der Waals surface area contributed by atoms with Crippen LogP contribution in [0.4, 0.5) is 0 Å². The van der Waals surface area contributed by atoms with Gasteiger partial charge in [-0.05, 0) is 37.1 Å². The summed E-state index contributed by atoms with van der Waals surface area (Å²) in [6.45, 7) is 4.06. The lowest BCUT2D eigenvalue weighted by Crippen LogP contribution is -2.33. The van der Waals surface area contributed by atoms with E-state index in [1.807, 2.05) is 103 Å². The fourth-order valence-corrected chi connectivity index (χ4v) is 3.92. The lowest BCUT2D eigenvalue weighted by molar-refractivity contribution is -0.315. The number of aryl methyl sites for hydroxylation is 1. The van der Waals surface area contributed by atoms with Crippen LogP contribution >= 0.6 is 0 Å². The number of para-hydroxylation sites is 1. The Kier molecular flexibility index (Phi) is 5.30. The van der Waals surface area contributed by atoms with Crippen molar-refractivity contribution in [1.29, 1.82) is 0 Å². The highest BCUT2D eigenvalue weighted by Gasteiger charge is 2.38. The second kappa shape index (κ2) is 8.03. The summed E-state index contributed by atoms with van der Waals surface area (Å²) >= 11 is 0. The van der Waals surface area contributed by atoms with E-state index in [4.69, 9.17) is 9.99 Å². The van der Waals surface area contributed by atoms with Gasteiger partial charge in [0.15, 0.2) is 5.60 Å². The second-order valence-corrected chi connectivity index (χ2v) is 7.22. The van der Waals surface area contributed by atoms with E-state index in [1.165, 1.54) is 0 Å². The van der Waals surface area contributed by atoms with E-state index in [0.29, 0.717) is 6.42 Å². The molecule has 1 aromatic heterocycles. The summed E-state index contributed by atoms with van der Waals surface area (Å²) in [7, 11) is 0. The third-order valence-corrected chi connectivity index (χ3v) is 5.50. The van der Waals surface area contributed by atoms with Crippen LogP contribution in [0.1, 0.15) is 28.1 Å². The quantitative estimate of drug-likeness (QED) is 0.354. The van der Waals surface area contributed by atoms with Crippen LogP contribution in [0.5, 0.6) is 0 Å². The molecule has 0 aliphatic rings. The molecule has 146 valence electrons. The molecule has 0 amide bonds. The van der Waals surface area contributed by atoms with E-state index in [1.54, 1.807) is 0 Å². The predicted octanol–water partition coefficient (Wildman–Crippen LogP) is 5.47. The Morgan fingerprint density at radius 2 is 1.28 bits per heavy atom. The third-order valence-electron chi connectivity index (χ3n) is 5.50. The van der Waals surface area contributed by atoms with Crippen LogP contribution < -0.4 is 0 Å². The van der Waals surface area contributed by atoms with Gasteiger partial charge in [-0.3, -0.25) is 5.26 Å². The zero-order valence-corrected chi connectivity index (χ0v) is 16.6. The molecule has 0 unspecified atom stereocenters. The van der Waals surface area contributed by atoms with Gasteiger partial charge < -0.3 is 0 Å². The summed E-state index contributed by atoms with van der Waals surface area (Å²) in [5.74, 6) is 0. The standard InChI is InChI=1S/C25H24N2O2/c1-19-24(20(2)27(26-19)23-16-10-5-11-17-23)18-25(29-28,21-12-6-3-7-13-21)22-14-8-4-9-15-22/h3-17,28H,18H2,1-2H3. The summed E-state index contributed by atoms with van der Waals surface area (Å²) in [6.07, 6.45) is 0.460. The molecular weight excluding hydrogens is 360 g/mol. The van der Waals surface area contributed by atoms with Crippen molar-refractivity contribution in [2.45, 2.75) is 25.9 Å². The summed E-state index contributed by atoms with van der Waals surface area (Å²) in [4.78, 5) is 5.30. The maximum atomic E-state index is 10.2. The molecule has 0 fully saturated rings. The molecule has 4 aromatic rings. The van der Waals surface area contributed by atoms with Crippen molar-refractivity contribution in [3.05, 3.63) is 119 Å². The van der Waals surface area contributed by atoms with Crippen molar-refractivity contribution in [3.8, 4) is 5.69 Å². The molecule has 29 heavy (non-hydrogen) atoms. The first kappa shape index (κ1) is 19.1. The van der Waals surface area contributed by atoms with Gasteiger partial charge in [0.2, 0.25) is 0 Å². The smallest absolute Gasteiger partial charge is 0.157 e. The van der Waals surface area contributed by atoms with Crippen LogP contribution in [0.15, 0.2) is 91.0 Å². The molecule has 0 radical (unpaired) electrons. The van der Waals surface area contributed by atoms with Gasteiger partial charge in [-0.15, -0.1) is 0 Å². The van der Waals surface area contributed by atoms with Gasteiger partial charge in [0.25, 0.3) is 0 Å². The monoisotopic (exact) mass is 384 g/mol. The highest BCUT2D eigenvalue weighted by Crippen LogP contribution is 2.38. The zero-order chi connectivity index (χ0) is 20.3. The molecule has 0 atom stereocenters. The minimum absolute atomic E-state index is 0.460. The molecule has 0 bridgehead atoms. The van der Waals surface area contributed by atoms with Crippen LogP contribution in [0, 0.1) is 13.8 Å². The van der Waals surface area contributed by atoms with Crippen LogP contribution in [-0.4, -0.2) is 15.0 Å². The van der Waals surface area contributed by atoms with Crippen molar-refractivity contribution < 1.29 is 10.1 Å². The SMILES string of the molecule is Cc1nn(-c2ccccc2)c(C)c1CC(OO)(c1ccccc1)c1ccccc1. The Morgan fingerprint density at radius 3 is 1.76 bits per heavy atom. The van der Waals surface area contributed by atoms with Crippen molar-refractivity contribution in [3.63, 3.8) is 0 Å². The van der Waals surface area contributed by atoms with Gasteiger partial charge in [-0.1, -0.05) is 78.9 Å². The van der Waals surface area contributed by atoms with Gasteiger partial charge in [0, 0.05) is 17.7 Å². The number of hydrogen-bond donors (Lipinski definition) is 1. The van der Waals surface area contributed by atoms with E-state index in [9.17, 15) is 5.26 Å². The molecule has 0 spiro atoms. The average molecular weight is 384 g/mol. The minimum atomic E-state index is -1.03. The molecule has 3 aromatic carbocycles. The molecule has 1 N–H and O–H groups in total. The topological polar surface area (TPSA) is 47.3 Å². The Bertz CT molecular complexity index is 1030. The van der Waals surface area contributed by atoms with Gasteiger partial charge in [-0.25, -0.2) is 9.57 Å². The Hall–Kier alpha value is -3.21. The van der Waals surface area contributed by atoms with Crippen molar-refractivity contribution in [2.75, 3.05) is 0 Å². The minimum Gasteiger partial charge on any atom is -0.251 e. The number of rotatable bonds is 6. The second-order valence-electron chi connectivity index (χ2n) is 7.22. The number of benzene rings is 3. The Morgan fingerprint density at radius 1 is 0.793 bits per heavy atom. The highest BCUT2D eigenvalue weighted by molar-refractivity contribution is 5.43. The summed E-state index contributed by atoms with van der Waals surface area (Å²) in [5.41, 5.74) is 4.76. The lowest BCUT2D eigenvalue weighted by Gasteiger charge is -2.32. The van der Waals surface area contributed by atoms with Crippen LogP contribution in [0.3, 0.4) is 0 Å². The summed E-state index contributed by atoms with van der Waals surface area (Å²) in [5, 5.41) is 15.0. The predicted molar refractivity (Wildman–Crippen MR) is 114 cm³/mol. The van der Waals surface area contributed by atoms with Crippen molar-refractivity contribution in [1.82, 2.24) is 9.78 Å². The van der Waals surface area contributed by atoms with Crippen molar-refractivity contribution in [2.24, 2.45) is 0 Å². The average Bonchev–Trinajstić information content (AvgIpc) is 3.07. The van der Waals surface area contributed by atoms with Crippen LogP contribution in [-0.2, 0) is 16.9 Å². The van der Waals surface area contributed by atoms with E-state index < -0.39 is 5.60 Å². The van der Waals surface area contributed by atoms with E-state index in [0.717, 1.165) is 33.8 Å². The lowest BCUT2D eigenvalue weighted by atomic mass is 9.81. The van der Waals surface area contributed by atoms with Crippen molar-refractivity contribution >= 4 is 0 Å². The summed E-state index contributed by atoms with van der Waals surface area (Å²) < 4.78 is 1.95. The molecule has 4 nitrogen and oxygen atoms in total. The van der Waals surface area contributed by atoms with Gasteiger partial charge in [0.1, 0.15) is 0 Å². The first-order valence-electron chi connectivity index (χ1n) is 9.70. The largest absolute Gasteiger partial charge is 0.251 e. The van der Waals surface area contributed by atoms with Gasteiger partial charge in [0.05, 0.1) is 11.4 Å². The fraction of sp³-hybridized carbons (Fsp3) is 0.160. The molecule has 0 aliphatic carbocycles. The van der Waals surface area contributed by atoms with E-state index >= 15 is 0 Å². The van der Waals surface area contributed by atoms with Crippen LogP contribution in [0.25, 0.3) is 5.69 Å². The van der Waals surface area contributed by atoms with Gasteiger partial charge in [-0.2, -0.15) is 5.10 Å². The number of aromatic nitrogens is 2. The molecular formula is C25H24N2O2. The maximum absolute atomic E-state index is 10.2. The maximum Gasteiger partial charge on any atom is 0.157 e. The fourth-order valence-electron chi connectivity index (χ4n) is 3.92. The van der Waals surface area contributed by atoms with Crippen LogP contribution in [0.2, 0.25) is 0 Å². The zero-order valence-electron chi connectivity index (χ0n) is 16.6.